The number of nitrogen functional groups attached to an aromatic ring is 1. The fourth-order valence-corrected chi connectivity index (χ4v) is 2.63. The van der Waals surface area contributed by atoms with Crippen LogP contribution in [0.25, 0.3) is 0 Å². The molecule has 0 amide bonds. The molecule has 1 unspecified atom stereocenters. The molecule has 0 spiro atoms. The minimum absolute atomic E-state index is 0.410. The highest BCUT2D eigenvalue weighted by molar-refractivity contribution is 5.42. The molecule has 0 bridgehead atoms. The van der Waals surface area contributed by atoms with Crippen LogP contribution in [0.4, 0.5) is 5.82 Å². The lowest BCUT2D eigenvalue weighted by molar-refractivity contribution is 0.0796. The lowest BCUT2D eigenvalue weighted by atomic mass is 9.98. The van der Waals surface area contributed by atoms with Crippen LogP contribution < -0.4 is 5.73 Å². The Kier molecular flexibility index (Phi) is 2.39. The van der Waals surface area contributed by atoms with Gasteiger partial charge in [0.15, 0.2) is 0 Å². The van der Waals surface area contributed by atoms with Crippen LogP contribution in [-0.4, -0.2) is 22.8 Å². The summed E-state index contributed by atoms with van der Waals surface area (Å²) in [5.41, 5.74) is 7.29. The summed E-state index contributed by atoms with van der Waals surface area (Å²) in [5, 5.41) is 0. The van der Waals surface area contributed by atoms with Gasteiger partial charge in [0.25, 0.3) is 0 Å². The minimum atomic E-state index is 0.410. The van der Waals surface area contributed by atoms with Gasteiger partial charge >= 0.3 is 0 Å². The highest BCUT2D eigenvalue weighted by Gasteiger charge is 2.30. The minimum Gasteiger partial charge on any atom is -0.384 e. The van der Waals surface area contributed by atoms with E-state index in [1.807, 2.05) is 0 Å². The van der Waals surface area contributed by atoms with Crippen LogP contribution in [0.5, 0.6) is 0 Å². The van der Waals surface area contributed by atoms with E-state index < -0.39 is 0 Å². The molecule has 1 atom stereocenters. The van der Waals surface area contributed by atoms with Crippen molar-refractivity contribution in [3.05, 3.63) is 11.5 Å². The van der Waals surface area contributed by atoms with Crippen LogP contribution >= 0.6 is 0 Å². The Morgan fingerprint density at radius 1 is 1.38 bits per heavy atom. The van der Waals surface area contributed by atoms with Gasteiger partial charge in [-0.05, 0) is 32.6 Å². The summed E-state index contributed by atoms with van der Waals surface area (Å²) in [4.78, 5) is 4.65. The summed E-state index contributed by atoms with van der Waals surface area (Å²) in [6.45, 7) is 3.73. The number of nitrogens with two attached hydrogens (primary N) is 1. The van der Waals surface area contributed by atoms with E-state index in [0.717, 1.165) is 43.4 Å². The van der Waals surface area contributed by atoms with Crippen LogP contribution in [0, 0.1) is 6.92 Å². The zero-order valence-electron chi connectivity index (χ0n) is 9.78. The third kappa shape index (κ3) is 1.61. The Labute approximate surface area is 95.8 Å². The van der Waals surface area contributed by atoms with Gasteiger partial charge in [-0.2, -0.15) is 0 Å². The first kappa shape index (κ1) is 10.1. The summed E-state index contributed by atoms with van der Waals surface area (Å²) in [6.07, 6.45) is 4.79. The average Bonchev–Trinajstić information content (AvgIpc) is 3.07. The number of imidazole rings is 1. The van der Waals surface area contributed by atoms with Crippen LogP contribution in [0.15, 0.2) is 0 Å². The molecule has 1 saturated carbocycles. The molecule has 4 heteroatoms. The van der Waals surface area contributed by atoms with E-state index in [2.05, 4.69) is 16.5 Å². The quantitative estimate of drug-likeness (QED) is 0.831. The molecule has 1 aromatic heterocycles. The van der Waals surface area contributed by atoms with Crippen molar-refractivity contribution in [2.24, 2.45) is 0 Å². The molecule has 3 rings (SSSR count). The maximum atomic E-state index is 6.22. The fourth-order valence-electron chi connectivity index (χ4n) is 2.63. The highest BCUT2D eigenvalue weighted by Crippen LogP contribution is 2.40. The highest BCUT2D eigenvalue weighted by atomic mass is 16.5. The molecule has 0 aromatic carbocycles. The van der Waals surface area contributed by atoms with Crippen molar-refractivity contribution in [2.75, 3.05) is 18.9 Å². The number of hydrogen-bond acceptors (Lipinski definition) is 3. The van der Waals surface area contributed by atoms with E-state index in [1.165, 1.54) is 12.8 Å². The Morgan fingerprint density at radius 3 is 2.81 bits per heavy atom. The molecule has 16 heavy (non-hydrogen) atoms. The summed E-state index contributed by atoms with van der Waals surface area (Å²) < 4.78 is 7.72. The number of anilines is 1. The number of hydrogen-bond donors (Lipinski definition) is 1. The van der Waals surface area contributed by atoms with Gasteiger partial charge in [0, 0.05) is 18.6 Å². The molecule has 88 valence electrons. The van der Waals surface area contributed by atoms with Crippen LogP contribution in [0.2, 0.25) is 0 Å². The van der Waals surface area contributed by atoms with Crippen molar-refractivity contribution in [1.82, 2.24) is 9.55 Å². The van der Waals surface area contributed by atoms with E-state index in [-0.39, 0.29) is 0 Å². The molecular weight excluding hydrogens is 202 g/mol. The van der Waals surface area contributed by atoms with Crippen molar-refractivity contribution in [3.8, 4) is 0 Å². The third-order valence-electron chi connectivity index (χ3n) is 3.61. The van der Waals surface area contributed by atoms with Gasteiger partial charge in [0.2, 0.25) is 0 Å². The van der Waals surface area contributed by atoms with E-state index in [9.17, 15) is 0 Å². The molecule has 1 saturated heterocycles. The van der Waals surface area contributed by atoms with Crippen molar-refractivity contribution >= 4 is 5.82 Å². The van der Waals surface area contributed by atoms with E-state index in [0.29, 0.717) is 12.0 Å². The molecule has 4 nitrogen and oxygen atoms in total. The van der Waals surface area contributed by atoms with Gasteiger partial charge in [-0.25, -0.2) is 4.98 Å². The largest absolute Gasteiger partial charge is 0.384 e. The first-order chi connectivity index (χ1) is 7.77. The summed E-state index contributed by atoms with van der Waals surface area (Å²) >= 11 is 0. The Morgan fingerprint density at radius 2 is 2.19 bits per heavy atom. The zero-order valence-corrected chi connectivity index (χ0v) is 9.78. The van der Waals surface area contributed by atoms with E-state index in [1.54, 1.807) is 0 Å². The van der Waals surface area contributed by atoms with E-state index >= 15 is 0 Å². The second kappa shape index (κ2) is 3.77. The summed E-state index contributed by atoms with van der Waals surface area (Å²) in [6, 6.07) is 0.616. The Hall–Kier alpha value is -1.03. The van der Waals surface area contributed by atoms with Gasteiger partial charge in [-0.3, -0.25) is 0 Å². The van der Waals surface area contributed by atoms with Crippen molar-refractivity contribution < 1.29 is 4.74 Å². The maximum absolute atomic E-state index is 6.22. The smallest absolute Gasteiger partial charge is 0.127 e. The van der Waals surface area contributed by atoms with E-state index in [4.69, 9.17) is 10.5 Å². The fraction of sp³-hybridized carbons (Fsp3) is 0.750. The van der Waals surface area contributed by atoms with Crippen LogP contribution in [0.3, 0.4) is 0 Å². The van der Waals surface area contributed by atoms with Crippen molar-refractivity contribution in [1.29, 1.82) is 0 Å². The molecule has 2 fully saturated rings. The molecule has 1 aliphatic heterocycles. The zero-order chi connectivity index (χ0) is 11.1. The Bertz CT molecular complexity index is 389. The summed E-state index contributed by atoms with van der Waals surface area (Å²) in [5.74, 6) is 2.36. The molecule has 0 radical (unpaired) electrons. The number of nitrogens with zero attached hydrogens (tertiary/aromatic N) is 2. The number of ether oxygens (including phenoxy) is 1. The van der Waals surface area contributed by atoms with Gasteiger partial charge in [0.05, 0.1) is 12.3 Å². The normalized spacial score (nSPS) is 25.9. The summed E-state index contributed by atoms with van der Waals surface area (Å²) in [7, 11) is 0. The monoisotopic (exact) mass is 221 g/mol. The molecule has 2 heterocycles. The predicted octanol–water partition coefficient (Wildman–Crippen LogP) is 2.00. The third-order valence-corrected chi connectivity index (χ3v) is 3.61. The lowest BCUT2D eigenvalue weighted by Crippen LogP contribution is -2.17. The van der Waals surface area contributed by atoms with Gasteiger partial charge in [-0.15, -0.1) is 0 Å². The van der Waals surface area contributed by atoms with Crippen LogP contribution in [0.1, 0.15) is 49.2 Å². The molecule has 1 aromatic rings. The average molecular weight is 221 g/mol. The standard InChI is InChI=1S/C12H19N3O/c1-8-14-11(9-3-2-6-16-7-9)12(13)15(8)10-4-5-10/h9-10H,2-7,13H2,1H3. The second-order valence-corrected chi connectivity index (χ2v) is 4.94. The molecular formula is C12H19N3O. The second-order valence-electron chi connectivity index (χ2n) is 4.94. The van der Waals surface area contributed by atoms with Gasteiger partial charge < -0.3 is 15.0 Å². The van der Waals surface area contributed by atoms with Crippen molar-refractivity contribution in [3.63, 3.8) is 0 Å². The molecule has 2 aliphatic rings. The van der Waals surface area contributed by atoms with Gasteiger partial charge in [0.1, 0.15) is 11.6 Å². The Balaban J connectivity index is 1.91. The number of aryl methyl sites for hydroxylation is 1. The lowest BCUT2D eigenvalue weighted by Gasteiger charge is -2.21. The topological polar surface area (TPSA) is 53.1 Å². The first-order valence-corrected chi connectivity index (χ1v) is 6.19. The predicted molar refractivity (Wildman–Crippen MR) is 62.4 cm³/mol. The number of aromatic nitrogens is 2. The van der Waals surface area contributed by atoms with Gasteiger partial charge in [-0.1, -0.05) is 0 Å². The SMILES string of the molecule is Cc1nc(C2CCCOC2)c(N)n1C1CC1. The first-order valence-electron chi connectivity index (χ1n) is 6.19. The van der Waals surface area contributed by atoms with Crippen molar-refractivity contribution in [2.45, 2.75) is 44.6 Å². The molecule has 1 aliphatic carbocycles. The maximum Gasteiger partial charge on any atom is 0.127 e. The molecule has 2 N–H and O–H groups in total. The van der Waals surface area contributed by atoms with Crippen LogP contribution in [-0.2, 0) is 4.74 Å². The number of rotatable bonds is 2.